The topological polar surface area (TPSA) is 46.5 Å². The summed E-state index contributed by atoms with van der Waals surface area (Å²) in [5.74, 6) is -0.976. The number of rotatable bonds is 5. The Kier molecular flexibility index (Phi) is 4.63. The van der Waals surface area contributed by atoms with Gasteiger partial charge in [-0.15, -0.1) is 0 Å². The van der Waals surface area contributed by atoms with Crippen molar-refractivity contribution in [2.24, 2.45) is 0 Å². The van der Waals surface area contributed by atoms with Crippen molar-refractivity contribution in [1.29, 1.82) is 0 Å². The molecule has 1 N–H and O–H groups in total. The number of aliphatic hydroxyl groups excluding tert-OH is 1. The summed E-state index contributed by atoms with van der Waals surface area (Å²) in [5, 5.41) is 9.04. The summed E-state index contributed by atoms with van der Waals surface area (Å²) in [7, 11) is 0. The highest BCUT2D eigenvalue weighted by molar-refractivity contribution is 5.82. The quantitative estimate of drug-likeness (QED) is 0.801. The molecule has 3 nitrogen and oxygen atoms in total. The van der Waals surface area contributed by atoms with Crippen LogP contribution >= 0.6 is 0 Å². The lowest BCUT2D eigenvalue weighted by Gasteiger charge is -2.27. The van der Waals surface area contributed by atoms with E-state index in [0.29, 0.717) is 0 Å². The first-order valence-electron chi connectivity index (χ1n) is 5.59. The van der Waals surface area contributed by atoms with Crippen molar-refractivity contribution < 1.29 is 19.0 Å². The van der Waals surface area contributed by atoms with E-state index in [-0.39, 0.29) is 25.2 Å². The summed E-state index contributed by atoms with van der Waals surface area (Å²) in [6.45, 7) is 3.30. The normalized spacial score (nSPS) is 14.1. The highest BCUT2D eigenvalue weighted by Crippen LogP contribution is 2.31. The minimum atomic E-state index is -1.14. The van der Waals surface area contributed by atoms with Crippen LogP contribution in [-0.4, -0.2) is 24.3 Å². The number of benzene rings is 1. The molecular weight excluding hydrogens is 223 g/mol. The molecule has 0 aliphatic rings. The molecule has 0 aromatic heterocycles. The van der Waals surface area contributed by atoms with Gasteiger partial charge in [0.1, 0.15) is 5.82 Å². The highest BCUT2D eigenvalue weighted by Gasteiger charge is 2.38. The van der Waals surface area contributed by atoms with Gasteiger partial charge >= 0.3 is 5.97 Å². The Labute approximate surface area is 100 Å². The van der Waals surface area contributed by atoms with Gasteiger partial charge in [0.05, 0.1) is 12.0 Å². The Morgan fingerprint density at radius 3 is 2.65 bits per heavy atom. The first kappa shape index (κ1) is 13.6. The number of carbonyl (C=O) groups is 1. The van der Waals surface area contributed by atoms with Crippen molar-refractivity contribution in [2.75, 3.05) is 13.2 Å². The summed E-state index contributed by atoms with van der Waals surface area (Å²) >= 11 is 0. The molecule has 1 unspecified atom stereocenters. The SMILES string of the molecule is CCOC(=O)C(C)(CCO)c1ccccc1F. The lowest BCUT2D eigenvalue weighted by Crippen LogP contribution is -2.36. The Morgan fingerprint density at radius 2 is 2.12 bits per heavy atom. The van der Waals surface area contributed by atoms with Gasteiger partial charge in [0.2, 0.25) is 0 Å². The molecule has 0 radical (unpaired) electrons. The number of carbonyl (C=O) groups excluding carboxylic acids is 1. The standard InChI is InChI=1S/C13H17FO3/c1-3-17-12(16)13(2,8-9-15)10-6-4-5-7-11(10)14/h4-7,15H,3,8-9H2,1-2H3. The monoisotopic (exact) mass is 240 g/mol. The van der Waals surface area contributed by atoms with E-state index in [2.05, 4.69) is 0 Å². The lowest BCUT2D eigenvalue weighted by molar-refractivity contribution is -0.150. The largest absolute Gasteiger partial charge is 0.465 e. The van der Waals surface area contributed by atoms with Crippen molar-refractivity contribution in [2.45, 2.75) is 25.7 Å². The molecule has 1 atom stereocenters. The molecule has 0 aliphatic carbocycles. The molecule has 0 spiro atoms. The molecule has 17 heavy (non-hydrogen) atoms. The maximum Gasteiger partial charge on any atom is 0.316 e. The Bertz CT molecular complexity index is 392. The second kappa shape index (κ2) is 5.77. The van der Waals surface area contributed by atoms with Gasteiger partial charge in [0, 0.05) is 12.2 Å². The van der Waals surface area contributed by atoms with E-state index in [0.717, 1.165) is 0 Å². The number of esters is 1. The molecule has 1 aromatic rings. The fourth-order valence-electron chi connectivity index (χ4n) is 1.77. The van der Waals surface area contributed by atoms with Crippen molar-refractivity contribution in [1.82, 2.24) is 0 Å². The Balaban J connectivity index is 3.15. The number of halogens is 1. The maximum absolute atomic E-state index is 13.7. The molecule has 4 heteroatoms. The number of hydrogen-bond acceptors (Lipinski definition) is 3. The first-order chi connectivity index (χ1) is 8.06. The maximum atomic E-state index is 13.7. The number of aliphatic hydroxyl groups is 1. The van der Waals surface area contributed by atoms with E-state index in [1.807, 2.05) is 0 Å². The van der Waals surface area contributed by atoms with Gasteiger partial charge in [0.25, 0.3) is 0 Å². The van der Waals surface area contributed by atoms with Crippen molar-refractivity contribution in [3.8, 4) is 0 Å². The fourth-order valence-corrected chi connectivity index (χ4v) is 1.77. The van der Waals surface area contributed by atoms with Crippen LogP contribution in [0.4, 0.5) is 4.39 Å². The highest BCUT2D eigenvalue weighted by atomic mass is 19.1. The zero-order valence-corrected chi connectivity index (χ0v) is 10.1. The molecule has 0 fully saturated rings. The second-order valence-electron chi connectivity index (χ2n) is 4.01. The second-order valence-corrected chi connectivity index (χ2v) is 4.01. The average Bonchev–Trinajstić information content (AvgIpc) is 2.30. The molecule has 1 aromatic carbocycles. The van der Waals surface area contributed by atoms with Gasteiger partial charge in [-0.05, 0) is 26.3 Å². The van der Waals surface area contributed by atoms with Crippen LogP contribution < -0.4 is 0 Å². The van der Waals surface area contributed by atoms with Gasteiger partial charge in [0.15, 0.2) is 0 Å². The molecule has 0 amide bonds. The molecule has 0 heterocycles. The van der Waals surface area contributed by atoms with Crippen molar-refractivity contribution in [3.63, 3.8) is 0 Å². The predicted molar refractivity (Wildman–Crippen MR) is 62.1 cm³/mol. The molecule has 0 saturated heterocycles. The van der Waals surface area contributed by atoms with Crippen LogP contribution in [0.5, 0.6) is 0 Å². The van der Waals surface area contributed by atoms with E-state index < -0.39 is 17.2 Å². The molecule has 0 aliphatic heterocycles. The lowest BCUT2D eigenvalue weighted by atomic mass is 9.79. The van der Waals surface area contributed by atoms with Gasteiger partial charge in [-0.1, -0.05) is 18.2 Å². The van der Waals surface area contributed by atoms with Crippen LogP contribution in [0.3, 0.4) is 0 Å². The fraction of sp³-hybridized carbons (Fsp3) is 0.462. The van der Waals surface area contributed by atoms with Crippen LogP contribution in [-0.2, 0) is 14.9 Å². The summed E-state index contributed by atoms with van der Waals surface area (Å²) < 4.78 is 18.7. The number of hydrogen-bond donors (Lipinski definition) is 1. The smallest absolute Gasteiger partial charge is 0.316 e. The van der Waals surface area contributed by atoms with Gasteiger partial charge in [-0.2, -0.15) is 0 Å². The summed E-state index contributed by atoms with van der Waals surface area (Å²) in [6.07, 6.45) is 0.132. The van der Waals surface area contributed by atoms with E-state index in [4.69, 9.17) is 9.84 Å². The third kappa shape index (κ3) is 2.82. The van der Waals surface area contributed by atoms with Gasteiger partial charge in [-0.25, -0.2) is 4.39 Å². The van der Waals surface area contributed by atoms with Crippen molar-refractivity contribution >= 4 is 5.97 Å². The van der Waals surface area contributed by atoms with E-state index in [9.17, 15) is 9.18 Å². The first-order valence-corrected chi connectivity index (χ1v) is 5.59. The van der Waals surface area contributed by atoms with E-state index in [1.165, 1.54) is 6.07 Å². The third-order valence-electron chi connectivity index (χ3n) is 2.81. The van der Waals surface area contributed by atoms with Crippen molar-refractivity contribution in [3.05, 3.63) is 35.6 Å². The summed E-state index contributed by atoms with van der Waals surface area (Å²) in [5.41, 5.74) is -0.886. The number of ether oxygens (including phenoxy) is 1. The molecular formula is C13H17FO3. The van der Waals surface area contributed by atoms with Gasteiger partial charge in [-0.3, -0.25) is 4.79 Å². The van der Waals surface area contributed by atoms with Crippen LogP contribution in [0.15, 0.2) is 24.3 Å². The van der Waals surface area contributed by atoms with Crippen LogP contribution in [0, 0.1) is 5.82 Å². The minimum absolute atomic E-state index is 0.132. The predicted octanol–water partition coefficient (Wildman–Crippen LogP) is 2.03. The third-order valence-corrected chi connectivity index (χ3v) is 2.81. The van der Waals surface area contributed by atoms with Crippen LogP contribution in [0.2, 0.25) is 0 Å². The van der Waals surface area contributed by atoms with Crippen LogP contribution in [0.1, 0.15) is 25.8 Å². The molecule has 1 rings (SSSR count). The minimum Gasteiger partial charge on any atom is -0.465 e. The van der Waals surface area contributed by atoms with E-state index in [1.54, 1.807) is 32.0 Å². The molecule has 94 valence electrons. The summed E-state index contributed by atoms with van der Waals surface area (Å²) in [4.78, 5) is 11.9. The van der Waals surface area contributed by atoms with Crippen LogP contribution in [0.25, 0.3) is 0 Å². The van der Waals surface area contributed by atoms with E-state index >= 15 is 0 Å². The zero-order chi connectivity index (χ0) is 12.9. The Morgan fingerprint density at radius 1 is 1.47 bits per heavy atom. The molecule has 0 saturated carbocycles. The zero-order valence-electron chi connectivity index (χ0n) is 10.1. The Hall–Kier alpha value is -1.42. The summed E-state index contributed by atoms with van der Waals surface area (Å²) in [6, 6.07) is 6.06. The van der Waals surface area contributed by atoms with Gasteiger partial charge < -0.3 is 9.84 Å². The molecule has 0 bridgehead atoms. The average molecular weight is 240 g/mol.